The molecule has 5 rings (SSSR count). The molecular weight excluding hydrogens is 607 g/mol. The van der Waals surface area contributed by atoms with Gasteiger partial charge in [-0.1, -0.05) is 97.1 Å². The third-order valence-corrected chi connectivity index (χ3v) is 8.42. The van der Waals surface area contributed by atoms with Gasteiger partial charge in [0.1, 0.15) is 23.2 Å². The van der Waals surface area contributed by atoms with E-state index in [2.05, 4.69) is 5.32 Å². The second kappa shape index (κ2) is 15.1. The predicted octanol–water partition coefficient (Wildman–Crippen LogP) is 8.49. The molecule has 252 valence electrons. The smallest absolute Gasteiger partial charge is 0.412 e. The quantitative estimate of drug-likeness (QED) is 0.176. The zero-order valence-electron chi connectivity index (χ0n) is 28.3. The maximum Gasteiger partial charge on any atom is 0.412 e. The van der Waals surface area contributed by atoms with Crippen molar-refractivity contribution in [3.63, 3.8) is 0 Å². The van der Waals surface area contributed by atoms with Crippen LogP contribution in [0, 0.1) is 5.82 Å². The number of carbonyl (C=O) groups is 2. The van der Waals surface area contributed by atoms with Crippen LogP contribution in [0.1, 0.15) is 69.2 Å². The van der Waals surface area contributed by atoms with E-state index in [0.717, 1.165) is 16.7 Å². The SMILES string of the molecule is CC(C)(C)OC(=O)N1C(CCc2c(F)cccc2NC(=O)C(OCc2ccccc2)C(c2ccccc2)c2ccccc2)COC1(C)C. The summed E-state index contributed by atoms with van der Waals surface area (Å²) < 4.78 is 33.7. The molecule has 0 saturated carbocycles. The van der Waals surface area contributed by atoms with Crippen LogP contribution in [-0.2, 0) is 32.0 Å². The molecule has 0 bridgehead atoms. The van der Waals surface area contributed by atoms with Gasteiger partial charge in [-0.15, -0.1) is 0 Å². The van der Waals surface area contributed by atoms with Crippen molar-refractivity contribution in [2.45, 2.75) is 83.5 Å². The fourth-order valence-electron chi connectivity index (χ4n) is 6.17. The molecule has 2 unspecified atom stereocenters. The summed E-state index contributed by atoms with van der Waals surface area (Å²) in [5.74, 6) is -1.27. The van der Waals surface area contributed by atoms with Crippen LogP contribution < -0.4 is 5.32 Å². The van der Waals surface area contributed by atoms with Gasteiger partial charge in [-0.3, -0.25) is 9.69 Å². The van der Waals surface area contributed by atoms with Crippen molar-refractivity contribution >= 4 is 17.7 Å². The highest BCUT2D eigenvalue weighted by Gasteiger charge is 2.45. The summed E-state index contributed by atoms with van der Waals surface area (Å²) in [4.78, 5) is 29.1. The number of anilines is 1. The lowest BCUT2D eigenvalue weighted by molar-refractivity contribution is -0.129. The van der Waals surface area contributed by atoms with Crippen LogP contribution in [0.5, 0.6) is 0 Å². The minimum Gasteiger partial charge on any atom is -0.444 e. The minimum atomic E-state index is -0.946. The van der Waals surface area contributed by atoms with E-state index in [4.69, 9.17) is 14.2 Å². The molecule has 1 N–H and O–H groups in total. The molecule has 2 atom stereocenters. The van der Waals surface area contributed by atoms with E-state index in [-0.39, 0.29) is 25.7 Å². The number of ether oxygens (including phenoxy) is 3. The highest BCUT2D eigenvalue weighted by molar-refractivity contribution is 5.96. The summed E-state index contributed by atoms with van der Waals surface area (Å²) in [7, 11) is 0. The van der Waals surface area contributed by atoms with Crippen molar-refractivity contribution in [3.05, 3.63) is 137 Å². The molecule has 7 nitrogen and oxygen atoms in total. The first-order chi connectivity index (χ1) is 22.9. The van der Waals surface area contributed by atoms with Crippen LogP contribution in [0.3, 0.4) is 0 Å². The molecule has 0 radical (unpaired) electrons. The summed E-state index contributed by atoms with van der Waals surface area (Å²) in [6, 6.07) is 33.6. The van der Waals surface area contributed by atoms with E-state index in [1.54, 1.807) is 17.0 Å². The van der Waals surface area contributed by atoms with Crippen molar-refractivity contribution in [1.29, 1.82) is 0 Å². The first-order valence-corrected chi connectivity index (χ1v) is 16.4. The number of hydrogen-bond donors (Lipinski definition) is 1. The lowest BCUT2D eigenvalue weighted by Crippen LogP contribution is -2.50. The standard InChI is InChI=1S/C40H45FN2O5/c1-39(2,3)48-38(45)43-31(27-47-40(43,4)5)24-25-32-33(41)22-15-23-34(32)42-37(44)36(46-26-28-16-9-6-10-17-28)35(29-18-11-7-12-19-29)30-20-13-8-14-21-30/h6-23,31,35-36H,24-27H2,1-5H3,(H,42,44). The van der Waals surface area contributed by atoms with Gasteiger partial charge in [0, 0.05) is 17.2 Å². The molecule has 1 saturated heterocycles. The summed E-state index contributed by atoms with van der Waals surface area (Å²) in [6.07, 6.45) is -0.778. The largest absolute Gasteiger partial charge is 0.444 e. The molecule has 4 aromatic carbocycles. The third kappa shape index (κ3) is 8.68. The third-order valence-electron chi connectivity index (χ3n) is 8.42. The van der Waals surface area contributed by atoms with Crippen LogP contribution in [-0.4, -0.2) is 47.0 Å². The van der Waals surface area contributed by atoms with Gasteiger partial charge in [0.15, 0.2) is 0 Å². The number of halogens is 1. The Balaban J connectivity index is 1.42. The van der Waals surface area contributed by atoms with E-state index in [1.807, 2.05) is 126 Å². The first-order valence-electron chi connectivity index (χ1n) is 16.4. The van der Waals surface area contributed by atoms with Gasteiger partial charge in [0.2, 0.25) is 0 Å². The van der Waals surface area contributed by atoms with Crippen LogP contribution in [0.4, 0.5) is 14.9 Å². The molecule has 1 fully saturated rings. The molecule has 1 heterocycles. The highest BCUT2D eigenvalue weighted by Crippen LogP contribution is 2.34. The molecule has 48 heavy (non-hydrogen) atoms. The highest BCUT2D eigenvalue weighted by atomic mass is 19.1. The number of nitrogens with one attached hydrogen (secondary N) is 1. The maximum absolute atomic E-state index is 15.5. The molecule has 0 spiro atoms. The molecule has 2 amide bonds. The Labute approximate surface area is 283 Å². The van der Waals surface area contributed by atoms with Crippen LogP contribution >= 0.6 is 0 Å². The van der Waals surface area contributed by atoms with E-state index >= 15 is 4.39 Å². The van der Waals surface area contributed by atoms with E-state index in [9.17, 15) is 9.59 Å². The lowest BCUT2D eigenvalue weighted by atomic mass is 9.86. The first kappa shape index (κ1) is 34.8. The molecule has 4 aromatic rings. The average molecular weight is 653 g/mol. The van der Waals surface area contributed by atoms with E-state index < -0.39 is 41.2 Å². The van der Waals surface area contributed by atoms with Gasteiger partial charge in [-0.05, 0) is 76.3 Å². The number of carbonyl (C=O) groups excluding carboxylic acids is 2. The number of nitrogens with zero attached hydrogens (tertiary/aromatic N) is 1. The van der Waals surface area contributed by atoms with Crippen LogP contribution in [0.25, 0.3) is 0 Å². The average Bonchev–Trinajstić information content (AvgIpc) is 3.37. The van der Waals surface area contributed by atoms with Gasteiger partial charge >= 0.3 is 6.09 Å². The van der Waals surface area contributed by atoms with Gasteiger partial charge < -0.3 is 19.5 Å². The van der Waals surface area contributed by atoms with Crippen LogP contribution in [0.2, 0.25) is 0 Å². The Morgan fingerprint density at radius 1 is 0.896 bits per heavy atom. The minimum absolute atomic E-state index is 0.211. The molecular formula is C40H45FN2O5. The summed E-state index contributed by atoms with van der Waals surface area (Å²) in [5, 5.41) is 3.02. The monoisotopic (exact) mass is 652 g/mol. The normalized spacial score (nSPS) is 16.5. The zero-order chi connectivity index (χ0) is 34.3. The lowest BCUT2D eigenvalue weighted by Gasteiger charge is -2.35. The Morgan fingerprint density at radius 3 is 2.06 bits per heavy atom. The van der Waals surface area contributed by atoms with Gasteiger partial charge in [-0.2, -0.15) is 0 Å². The summed E-state index contributed by atoms with van der Waals surface area (Å²) >= 11 is 0. The zero-order valence-corrected chi connectivity index (χ0v) is 28.3. The second-order valence-electron chi connectivity index (χ2n) is 13.6. The topological polar surface area (TPSA) is 77.1 Å². The Kier molecular flexibility index (Phi) is 11.0. The van der Waals surface area contributed by atoms with Crippen LogP contribution in [0.15, 0.2) is 109 Å². The number of benzene rings is 4. The van der Waals surface area contributed by atoms with Crippen molar-refractivity contribution in [1.82, 2.24) is 4.90 Å². The Hall–Kier alpha value is -4.53. The summed E-state index contributed by atoms with van der Waals surface area (Å²) in [5.41, 5.74) is 1.90. The fraction of sp³-hybridized carbons (Fsp3) is 0.350. The van der Waals surface area contributed by atoms with Crippen molar-refractivity contribution in [3.8, 4) is 0 Å². The molecule has 0 aliphatic carbocycles. The Morgan fingerprint density at radius 2 is 1.48 bits per heavy atom. The summed E-state index contributed by atoms with van der Waals surface area (Å²) in [6.45, 7) is 9.57. The van der Waals surface area contributed by atoms with Gasteiger partial charge in [0.25, 0.3) is 5.91 Å². The number of hydrogen-bond acceptors (Lipinski definition) is 5. The van der Waals surface area contributed by atoms with E-state index in [1.165, 1.54) is 6.07 Å². The maximum atomic E-state index is 15.5. The predicted molar refractivity (Wildman–Crippen MR) is 185 cm³/mol. The van der Waals surface area contributed by atoms with Crippen molar-refractivity contribution < 1.29 is 28.2 Å². The van der Waals surface area contributed by atoms with Gasteiger partial charge in [0.05, 0.1) is 19.3 Å². The Bertz CT molecular complexity index is 1620. The molecule has 1 aliphatic heterocycles. The van der Waals surface area contributed by atoms with Crippen molar-refractivity contribution in [2.75, 3.05) is 11.9 Å². The number of amides is 2. The molecule has 8 heteroatoms. The second-order valence-corrected chi connectivity index (χ2v) is 13.6. The van der Waals surface area contributed by atoms with Crippen molar-refractivity contribution in [2.24, 2.45) is 0 Å². The van der Waals surface area contributed by atoms with Gasteiger partial charge in [-0.25, -0.2) is 9.18 Å². The van der Waals surface area contributed by atoms with E-state index in [0.29, 0.717) is 17.7 Å². The number of rotatable bonds is 11. The molecule has 0 aromatic heterocycles. The molecule has 1 aliphatic rings. The fourth-order valence-corrected chi connectivity index (χ4v) is 6.17.